The highest BCUT2D eigenvalue weighted by molar-refractivity contribution is 5.76. The minimum Gasteiger partial charge on any atom is -0.399 e. The predicted octanol–water partition coefficient (Wildman–Crippen LogP) is 2.08. The zero-order valence-corrected chi connectivity index (χ0v) is 11.4. The molecule has 0 aliphatic rings. The quantitative estimate of drug-likeness (QED) is 0.556. The van der Waals surface area contributed by atoms with Crippen LogP contribution in [0.15, 0.2) is 24.3 Å². The van der Waals surface area contributed by atoms with Crippen molar-refractivity contribution in [3.05, 3.63) is 29.8 Å². The topological polar surface area (TPSA) is 72.2 Å². The summed E-state index contributed by atoms with van der Waals surface area (Å²) < 4.78 is 0. The number of aryl methyl sites for hydroxylation is 1. The number of carbonyl (C=O) groups excluding carboxylic acids is 2. The van der Waals surface area contributed by atoms with Crippen LogP contribution >= 0.6 is 0 Å². The smallest absolute Gasteiger partial charge is 0.220 e. The number of anilines is 1. The summed E-state index contributed by atoms with van der Waals surface area (Å²) in [6, 6.07) is 7.72. The van der Waals surface area contributed by atoms with Gasteiger partial charge >= 0.3 is 0 Å². The zero-order chi connectivity index (χ0) is 14.1. The molecule has 0 aromatic heterocycles. The molecule has 1 rings (SSSR count). The standard InChI is InChI=1S/C15H22N2O2/c1-12(18)4-3-11-17-15(19)6-2-5-13-7-9-14(16)10-8-13/h7-10H,2-6,11,16H2,1H3,(H,17,19). The van der Waals surface area contributed by atoms with Gasteiger partial charge in [0.25, 0.3) is 0 Å². The Morgan fingerprint density at radius 1 is 1.11 bits per heavy atom. The number of ketones is 1. The van der Waals surface area contributed by atoms with E-state index in [1.807, 2.05) is 24.3 Å². The number of nitrogens with two attached hydrogens (primary N) is 1. The van der Waals surface area contributed by atoms with Crippen molar-refractivity contribution < 1.29 is 9.59 Å². The highest BCUT2D eigenvalue weighted by Crippen LogP contribution is 2.08. The summed E-state index contributed by atoms with van der Waals surface area (Å²) in [7, 11) is 0. The third-order valence-electron chi connectivity index (χ3n) is 2.88. The Bertz CT molecular complexity index is 413. The molecule has 0 fully saturated rings. The van der Waals surface area contributed by atoms with E-state index in [0.717, 1.165) is 24.9 Å². The maximum Gasteiger partial charge on any atom is 0.220 e. The minimum absolute atomic E-state index is 0.0546. The van der Waals surface area contributed by atoms with E-state index in [-0.39, 0.29) is 11.7 Å². The van der Waals surface area contributed by atoms with Gasteiger partial charge in [-0.25, -0.2) is 0 Å². The number of carbonyl (C=O) groups is 2. The van der Waals surface area contributed by atoms with E-state index < -0.39 is 0 Å². The molecule has 1 aromatic carbocycles. The second-order valence-corrected chi connectivity index (χ2v) is 4.75. The van der Waals surface area contributed by atoms with Gasteiger partial charge in [-0.15, -0.1) is 0 Å². The Hall–Kier alpha value is -1.84. The number of rotatable bonds is 8. The van der Waals surface area contributed by atoms with Gasteiger partial charge in [0, 0.05) is 25.1 Å². The van der Waals surface area contributed by atoms with E-state index >= 15 is 0 Å². The molecule has 4 heteroatoms. The highest BCUT2D eigenvalue weighted by Gasteiger charge is 2.01. The second kappa shape index (κ2) is 8.29. The van der Waals surface area contributed by atoms with E-state index in [1.54, 1.807) is 6.92 Å². The van der Waals surface area contributed by atoms with E-state index in [0.29, 0.717) is 19.4 Å². The number of nitrogen functional groups attached to an aromatic ring is 1. The van der Waals surface area contributed by atoms with Crippen LogP contribution in [0.1, 0.15) is 38.2 Å². The molecule has 0 aliphatic heterocycles. The first-order valence-corrected chi connectivity index (χ1v) is 6.68. The molecule has 0 saturated heterocycles. The molecule has 0 bridgehead atoms. The summed E-state index contributed by atoms with van der Waals surface area (Å²) in [5.41, 5.74) is 7.55. The lowest BCUT2D eigenvalue weighted by Crippen LogP contribution is -2.24. The number of hydrogen-bond acceptors (Lipinski definition) is 3. The van der Waals surface area contributed by atoms with Gasteiger partial charge in [-0.2, -0.15) is 0 Å². The van der Waals surface area contributed by atoms with Gasteiger partial charge in [0.05, 0.1) is 0 Å². The van der Waals surface area contributed by atoms with Crippen molar-refractivity contribution in [2.24, 2.45) is 0 Å². The summed E-state index contributed by atoms with van der Waals surface area (Å²) >= 11 is 0. The lowest BCUT2D eigenvalue weighted by molar-refractivity contribution is -0.121. The van der Waals surface area contributed by atoms with E-state index in [9.17, 15) is 9.59 Å². The molecule has 104 valence electrons. The van der Waals surface area contributed by atoms with Crippen molar-refractivity contribution in [2.75, 3.05) is 12.3 Å². The lowest BCUT2D eigenvalue weighted by Gasteiger charge is -2.05. The molecule has 0 unspecified atom stereocenters. The fourth-order valence-electron chi connectivity index (χ4n) is 1.79. The van der Waals surface area contributed by atoms with Gasteiger partial charge in [0.2, 0.25) is 5.91 Å². The Morgan fingerprint density at radius 3 is 2.42 bits per heavy atom. The van der Waals surface area contributed by atoms with Gasteiger partial charge in [-0.1, -0.05) is 12.1 Å². The largest absolute Gasteiger partial charge is 0.399 e. The molecule has 1 aromatic rings. The second-order valence-electron chi connectivity index (χ2n) is 4.75. The third kappa shape index (κ3) is 7.24. The normalized spacial score (nSPS) is 10.2. The highest BCUT2D eigenvalue weighted by atomic mass is 16.1. The van der Waals surface area contributed by atoms with Gasteiger partial charge in [0.15, 0.2) is 0 Å². The van der Waals surface area contributed by atoms with Crippen molar-refractivity contribution in [3.8, 4) is 0 Å². The van der Waals surface area contributed by atoms with E-state index in [1.165, 1.54) is 5.56 Å². The van der Waals surface area contributed by atoms with Crippen LogP contribution in [0.3, 0.4) is 0 Å². The van der Waals surface area contributed by atoms with Crippen LogP contribution in [0.25, 0.3) is 0 Å². The van der Waals surface area contributed by atoms with Crippen molar-refractivity contribution in [3.63, 3.8) is 0 Å². The lowest BCUT2D eigenvalue weighted by atomic mass is 10.1. The maximum absolute atomic E-state index is 11.5. The SMILES string of the molecule is CC(=O)CCCNC(=O)CCCc1ccc(N)cc1. The number of nitrogens with one attached hydrogen (secondary N) is 1. The van der Waals surface area contributed by atoms with E-state index in [4.69, 9.17) is 5.73 Å². The van der Waals surface area contributed by atoms with Crippen molar-refractivity contribution in [1.82, 2.24) is 5.32 Å². The summed E-state index contributed by atoms with van der Waals surface area (Å²) in [4.78, 5) is 22.2. The number of benzene rings is 1. The van der Waals surface area contributed by atoms with Crippen LogP contribution in [0.5, 0.6) is 0 Å². The molecule has 0 aliphatic carbocycles. The monoisotopic (exact) mass is 262 g/mol. The Labute approximate surface area is 114 Å². The van der Waals surface area contributed by atoms with Crippen LogP contribution in [0, 0.1) is 0 Å². The fraction of sp³-hybridized carbons (Fsp3) is 0.467. The van der Waals surface area contributed by atoms with Crippen LogP contribution < -0.4 is 11.1 Å². The summed E-state index contributed by atoms with van der Waals surface area (Å²) in [6.45, 7) is 2.15. The molecule has 0 atom stereocenters. The molecule has 0 saturated carbocycles. The van der Waals surface area contributed by atoms with Gasteiger partial charge in [-0.05, 0) is 43.9 Å². The molecule has 1 amide bonds. The average molecular weight is 262 g/mol. The van der Waals surface area contributed by atoms with Crippen molar-refractivity contribution in [1.29, 1.82) is 0 Å². The molecule has 0 radical (unpaired) electrons. The fourth-order valence-corrected chi connectivity index (χ4v) is 1.79. The average Bonchev–Trinajstić information content (AvgIpc) is 2.37. The third-order valence-corrected chi connectivity index (χ3v) is 2.88. The number of amides is 1. The summed E-state index contributed by atoms with van der Waals surface area (Å²) in [5.74, 6) is 0.219. The van der Waals surface area contributed by atoms with E-state index in [2.05, 4.69) is 5.32 Å². The maximum atomic E-state index is 11.5. The number of hydrogen-bond donors (Lipinski definition) is 2. The first kappa shape index (κ1) is 15.2. The first-order chi connectivity index (χ1) is 9.08. The Balaban J connectivity index is 2.10. The summed E-state index contributed by atoms with van der Waals surface area (Å²) in [5, 5.41) is 2.82. The van der Waals surface area contributed by atoms with Crippen LogP contribution in [-0.4, -0.2) is 18.2 Å². The predicted molar refractivity (Wildman–Crippen MR) is 76.7 cm³/mol. The Kier molecular flexibility index (Phi) is 6.64. The molecule has 0 heterocycles. The molecule has 4 nitrogen and oxygen atoms in total. The van der Waals surface area contributed by atoms with Crippen LogP contribution in [0.4, 0.5) is 5.69 Å². The molecule has 19 heavy (non-hydrogen) atoms. The van der Waals surface area contributed by atoms with Gasteiger partial charge < -0.3 is 15.8 Å². The van der Waals surface area contributed by atoms with Gasteiger partial charge in [0.1, 0.15) is 5.78 Å². The number of Topliss-reactive ketones (excluding diaryl/α,β-unsaturated/α-hetero) is 1. The first-order valence-electron chi connectivity index (χ1n) is 6.68. The molecular weight excluding hydrogens is 240 g/mol. The van der Waals surface area contributed by atoms with Crippen LogP contribution in [0.2, 0.25) is 0 Å². The minimum atomic E-state index is 0.0546. The Morgan fingerprint density at radius 2 is 1.79 bits per heavy atom. The summed E-state index contributed by atoms with van der Waals surface area (Å²) in [6.07, 6.45) is 3.47. The van der Waals surface area contributed by atoms with Crippen molar-refractivity contribution >= 4 is 17.4 Å². The van der Waals surface area contributed by atoms with Crippen molar-refractivity contribution in [2.45, 2.75) is 39.0 Å². The molecule has 0 spiro atoms. The van der Waals surface area contributed by atoms with Gasteiger partial charge in [-0.3, -0.25) is 4.79 Å². The molecular formula is C15H22N2O2. The van der Waals surface area contributed by atoms with Crippen LogP contribution in [-0.2, 0) is 16.0 Å². The molecule has 3 N–H and O–H groups in total. The zero-order valence-electron chi connectivity index (χ0n) is 11.4.